The first-order chi connectivity index (χ1) is 11.3. The number of hydrogen-bond acceptors (Lipinski definition) is 1. The van der Waals surface area contributed by atoms with E-state index < -0.39 is 0 Å². The minimum Gasteiger partial charge on any atom is -0.300 e. The van der Waals surface area contributed by atoms with Crippen LogP contribution in [0.2, 0.25) is 0 Å². The maximum Gasteiger partial charge on any atom is 0.0139 e. The first-order valence-corrected chi connectivity index (χ1v) is 9.23. The van der Waals surface area contributed by atoms with Gasteiger partial charge in [0.25, 0.3) is 0 Å². The molecule has 0 amide bonds. The van der Waals surface area contributed by atoms with E-state index in [0.29, 0.717) is 0 Å². The molecule has 2 aromatic rings. The molecule has 0 saturated carbocycles. The monoisotopic (exact) mass is 307 g/mol. The molecule has 1 atom stereocenters. The summed E-state index contributed by atoms with van der Waals surface area (Å²) >= 11 is 0. The fourth-order valence-electron chi connectivity index (χ4n) is 4.04. The Bertz CT molecular complexity index is 611. The lowest BCUT2D eigenvalue weighted by Crippen LogP contribution is -2.40. The number of rotatable bonds is 6. The zero-order valence-corrected chi connectivity index (χ0v) is 14.6. The largest absolute Gasteiger partial charge is 0.300 e. The minimum atomic E-state index is 0.730. The Labute approximate surface area is 141 Å². The average Bonchev–Trinajstić information content (AvgIpc) is 2.61. The lowest BCUT2D eigenvalue weighted by molar-refractivity contribution is 0.180. The van der Waals surface area contributed by atoms with Gasteiger partial charge >= 0.3 is 0 Å². The van der Waals surface area contributed by atoms with E-state index in [-0.39, 0.29) is 0 Å². The van der Waals surface area contributed by atoms with Crippen molar-refractivity contribution in [3.05, 3.63) is 59.7 Å². The van der Waals surface area contributed by atoms with Gasteiger partial charge in [0, 0.05) is 6.04 Å². The Kier molecular flexibility index (Phi) is 5.51. The maximum absolute atomic E-state index is 2.72. The van der Waals surface area contributed by atoms with E-state index in [1.54, 1.807) is 11.1 Å². The summed E-state index contributed by atoms with van der Waals surface area (Å²) in [6, 6.07) is 18.5. The maximum atomic E-state index is 2.72. The molecule has 0 saturated heterocycles. The summed E-state index contributed by atoms with van der Waals surface area (Å²) in [5.74, 6) is 0. The van der Waals surface area contributed by atoms with Crippen molar-refractivity contribution < 1.29 is 0 Å². The molecule has 0 heterocycles. The molecule has 1 aliphatic rings. The van der Waals surface area contributed by atoms with Gasteiger partial charge in [-0.25, -0.2) is 0 Å². The molecule has 1 nitrogen and oxygen atoms in total. The SMILES string of the molecule is CCCN(CCC)[C@@H]1CCc2c(cccc2-c2ccccc2)C1. The molecule has 3 rings (SSSR count). The van der Waals surface area contributed by atoms with E-state index in [1.807, 2.05) is 0 Å². The molecule has 2 aromatic carbocycles. The Morgan fingerprint density at radius 2 is 1.65 bits per heavy atom. The van der Waals surface area contributed by atoms with Gasteiger partial charge in [-0.05, 0) is 67.4 Å². The van der Waals surface area contributed by atoms with Crippen LogP contribution in [-0.4, -0.2) is 24.0 Å². The topological polar surface area (TPSA) is 3.24 Å². The van der Waals surface area contributed by atoms with Gasteiger partial charge in [-0.15, -0.1) is 0 Å². The van der Waals surface area contributed by atoms with Crippen LogP contribution >= 0.6 is 0 Å². The Morgan fingerprint density at radius 1 is 0.913 bits per heavy atom. The van der Waals surface area contributed by atoms with Crippen molar-refractivity contribution >= 4 is 0 Å². The van der Waals surface area contributed by atoms with E-state index >= 15 is 0 Å². The Balaban J connectivity index is 1.85. The highest BCUT2D eigenvalue weighted by atomic mass is 15.1. The molecule has 0 N–H and O–H groups in total. The molecule has 0 bridgehead atoms. The average molecular weight is 307 g/mol. The van der Waals surface area contributed by atoms with E-state index in [4.69, 9.17) is 0 Å². The van der Waals surface area contributed by atoms with Crippen LogP contribution < -0.4 is 0 Å². The van der Waals surface area contributed by atoms with Gasteiger partial charge in [0.2, 0.25) is 0 Å². The summed E-state index contributed by atoms with van der Waals surface area (Å²) in [6.45, 7) is 7.08. The van der Waals surface area contributed by atoms with Crippen LogP contribution in [0.25, 0.3) is 11.1 Å². The summed E-state index contributed by atoms with van der Waals surface area (Å²) in [5, 5.41) is 0. The molecular weight excluding hydrogens is 278 g/mol. The van der Waals surface area contributed by atoms with Crippen molar-refractivity contribution in [1.82, 2.24) is 4.90 Å². The van der Waals surface area contributed by atoms with Crippen LogP contribution in [0.4, 0.5) is 0 Å². The van der Waals surface area contributed by atoms with E-state index in [2.05, 4.69) is 67.3 Å². The quantitative estimate of drug-likeness (QED) is 0.697. The van der Waals surface area contributed by atoms with Gasteiger partial charge in [0.05, 0.1) is 0 Å². The van der Waals surface area contributed by atoms with E-state index in [9.17, 15) is 0 Å². The second-order valence-electron chi connectivity index (χ2n) is 6.74. The van der Waals surface area contributed by atoms with Gasteiger partial charge in [-0.3, -0.25) is 0 Å². The molecule has 0 spiro atoms. The molecular formula is C22H29N. The lowest BCUT2D eigenvalue weighted by atomic mass is 9.83. The predicted octanol–water partition coefficient (Wildman–Crippen LogP) is 5.33. The fraction of sp³-hybridized carbons (Fsp3) is 0.455. The van der Waals surface area contributed by atoms with Crippen molar-refractivity contribution in [2.45, 2.75) is 52.0 Å². The van der Waals surface area contributed by atoms with Gasteiger partial charge in [0.15, 0.2) is 0 Å². The summed E-state index contributed by atoms with van der Waals surface area (Å²) in [6.07, 6.45) is 6.25. The van der Waals surface area contributed by atoms with Crippen LogP contribution in [0.15, 0.2) is 48.5 Å². The van der Waals surface area contributed by atoms with Gasteiger partial charge < -0.3 is 4.90 Å². The standard InChI is InChI=1S/C22H29N/c1-3-15-23(16-4-2)20-13-14-22-19(17-20)11-8-12-21(22)18-9-6-5-7-10-18/h5-12,20H,3-4,13-17H2,1-2H3/t20-/m1/s1. The summed E-state index contributed by atoms with van der Waals surface area (Å²) in [4.78, 5) is 2.72. The second-order valence-corrected chi connectivity index (χ2v) is 6.74. The van der Waals surface area contributed by atoms with Gasteiger partial charge in [0.1, 0.15) is 0 Å². The lowest BCUT2D eigenvalue weighted by Gasteiger charge is -2.35. The van der Waals surface area contributed by atoms with Crippen LogP contribution in [0.1, 0.15) is 44.2 Å². The number of hydrogen-bond donors (Lipinski definition) is 0. The van der Waals surface area contributed by atoms with Gasteiger partial charge in [-0.2, -0.15) is 0 Å². The van der Waals surface area contributed by atoms with Crippen molar-refractivity contribution in [2.24, 2.45) is 0 Å². The Hall–Kier alpha value is -1.60. The molecule has 0 aromatic heterocycles. The highest BCUT2D eigenvalue weighted by Gasteiger charge is 2.24. The van der Waals surface area contributed by atoms with Crippen LogP contribution in [0, 0.1) is 0 Å². The summed E-state index contributed by atoms with van der Waals surface area (Å²) in [5.41, 5.74) is 5.96. The van der Waals surface area contributed by atoms with Crippen molar-refractivity contribution in [1.29, 1.82) is 0 Å². The molecule has 0 unspecified atom stereocenters. The smallest absolute Gasteiger partial charge is 0.0139 e. The Morgan fingerprint density at radius 3 is 2.35 bits per heavy atom. The molecule has 0 radical (unpaired) electrons. The van der Waals surface area contributed by atoms with Crippen LogP contribution in [0.3, 0.4) is 0 Å². The third-order valence-electron chi connectivity index (χ3n) is 5.08. The molecule has 0 fully saturated rings. The van der Waals surface area contributed by atoms with E-state index in [0.717, 1.165) is 6.04 Å². The first kappa shape index (κ1) is 16.3. The predicted molar refractivity (Wildman–Crippen MR) is 99.8 cm³/mol. The summed E-state index contributed by atoms with van der Waals surface area (Å²) in [7, 11) is 0. The second kappa shape index (κ2) is 7.79. The van der Waals surface area contributed by atoms with E-state index in [1.165, 1.54) is 56.3 Å². The van der Waals surface area contributed by atoms with Crippen molar-refractivity contribution in [3.63, 3.8) is 0 Å². The third kappa shape index (κ3) is 3.67. The van der Waals surface area contributed by atoms with Crippen molar-refractivity contribution in [2.75, 3.05) is 13.1 Å². The number of nitrogens with zero attached hydrogens (tertiary/aromatic N) is 1. The molecule has 122 valence electrons. The first-order valence-electron chi connectivity index (χ1n) is 9.23. The summed E-state index contributed by atoms with van der Waals surface area (Å²) < 4.78 is 0. The highest BCUT2D eigenvalue weighted by molar-refractivity contribution is 5.69. The number of fused-ring (bicyclic) bond motifs is 1. The van der Waals surface area contributed by atoms with Crippen LogP contribution in [0.5, 0.6) is 0 Å². The highest BCUT2D eigenvalue weighted by Crippen LogP contribution is 2.33. The minimum absolute atomic E-state index is 0.730. The normalized spacial score (nSPS) is 17.3. The molecule has 1 aliphatic carbocycles. The molecule has 1 heteroatoms. The van der Waals surface area contributed by atoms with Gasteiger partial charge in [-0.1, -0.05) is 62.4 Å². The molecule has 0 aliphatic heterocycles. The zero-order chi connectivity index (χ0) is 16.1. The zero-order valence-electron chi connectivity index (χ0n) is 14.6. The van der Waals surface area contributed by atoms with Crippen molar-refractivity contribution in [3.8, 4) is 11.1 Å². The number of benzene rings is 2. The third-order valence-corrected chi connectivity index (χ3v) is 5.08. The molecule has 23 heavy (non-hydrogen) atoms. The van der Waals surface area contributed by atoms with Crippen LogP contribution in [-0.2, 0) is 12.8 Å². The fourth-order valence-corrected chi connectivity index (χ4v) is 4.04.